The molecule has 13 nitrogen and oxygen atoms in total. The normalized spacial score (nSPS) is 18.7. The maximum Gasteiger partial charge on any atom is 0.146 e. The van der Waals surface area contributed by atoms with E-state index in [1.165, 1.54) is 35.2 Å². The van der Waals surface area contributed by atoms with E-state index in [4.69, 9.17) is 23.7 Å². The van der Waals surface area contributed by atoms with Crippen molar-refractivity contribution in [3.05, 3.63) is 131 Å². The van der Waals surface area contributed by atoms with Crippen molar-refractivity contribution in [1.29, 1.82) is 0 Å². The molecule has 0 aliphatic carbocycles. The maximum atomic E-state index is 14.2. The molecular weight excluding hydrogens is 1060 g/mol. The second kappa shape index (κ2) is 33.9. The summed E-state index contributed by atoms with van der Waals surface area (Å²) in [7, 11) is 6.09. The SMILES string of the molecule is CC(C)c1ccc(N2CCC(N(C)C)CC2)nc1.CC(C)c1ccc(N2CCOCC2)c(F)c1.CC(C)c1ccc(N2CCOCC2)nc1.CC1CN(c2ccc(C(C)C)cc2F)CC(C)O1.COc1cc(N2CCOCC2)ccc1C(C)C. The number of pyridine rings is 2. The predicted octanol–water partition coefficient (Wildman–Crippen LogP) is 13.8. The van der Waals surface area contributed by atoms with Gasteiger partial charge in [-0.2, -0.15) is 0 Å². The molecule has 5 aliphatic heterocycles. The fourth-order valence-electron chi connectivity index (χ4n) is 10.9. The molecule has 7 heterocycles. The Morgan fingerprint density at radius 2 is 0.881 bits per heavy atom. The summed E-state index contributed by atoms with van der Waals surface area (Å²) in [5, 5.41) is 0. The second-order valence-corrected chi connectivity index (χ2v) is 24.7. The molecule has 10 rings (SSSR count). The number of ether oxygens (including phenoxy) is 5. The van der Waals surface area contributed by atoms with Crippen LogP contribution in [0.4, 0.5) is 37.5 Å². The van der Waals surface area contributed by atoms with Gasteiger partial charge in [0.15, 0.2) is 0 Å². The van der Waals surface area contributed by atoms with Crippen molar-refractivity contribution in [3.63, 3.8) is 0 Å². The fourth-order valence-corrected chi connectivity index (χ4v) is 10.9. The van der Waals surface area contributed by atoms with E-state index in [9.17, 15) is 8.78 Å². The van der Waals surface area contributed by atoms with Crippen LogP contribution in [0, 0.1) is 11.6 Å². The lowest BCUT2D eigenvalue weighted by Crippen LogP contribution is -2.45. The fraction of sp³-hybridized carbons (Fsp3) is 0.594. The highest BCUT2D eigenvalue weighted by molar-refractivity contribution is 5.55. The van der Waals surface area contributed by atoms with Crippen LogP contribution >= 0.6 is 0 Å². The van der Waals surface area contributed by atoms with Crippen molar-refractivity contribution in [1.82, 2.24) is 14.9 Å². The summed E-state index contributed by atoms with van der Waals surface area (Å²) in [5.74, 6) is 5.29. The summed E-state index contributed by atoms with van der Waals surface area (Å²) >= 11 is 0. The van der Waals surface area contributed by atoms with Gasteiger partial charge in [-0.25, -0.2) is 18.7 Å². The number of anilines is 5. The molecule has 2 atom stereocenters. The maximum absolute atomic E-state index is 14.2. The molecule has 5 saturated heterocycles. The molecule has 464 valence electrons. The van der Waals surface area contributed by atoms with E-state index >= 15 is 0 Å². The first-order chi connectivity index (χ1) is 40.2. The van der Waals surface area contributed by atoms with Crippen LogP contribution in [0.5, 0.6) is 5.75 Å². The lowest BCUT2D eigenvalue weighted by atomic mass is 10.0. The molecule has 0 bridgehead atoms. The number of nitrogens with zero attached hydrogens (tertiary/aromatic N) is 8. The van der Waals surface area contributed by atoms with Gasteiger partial charge in [-0.15, -0.1) is 0 Å². The van der Waals surface area contributed by atoms with Gasteiger partial charge >= 0.3 is 0 Å². The molecule has 5 aliphatic rings. The Labute approximate surface area is 505 Å². The zero-order chi connectivity index (χ0) is 60.9. The Bertz CT molecular complexity index is 2660. The van der Waals surface area contributed by atoms with Crippen molar-refractivity contribution in [2.45, 2.75) is 144 Å². The van der Waals surface area contributed by atoms with E-state index in [2.05, 4.69) is 160 Å². The van der Waals surface area contributed by atoms with E-state index in [-0.39, 0.29) is 23.8 Å². The molecule has 15 heteroatoms. The van der Waals surface area contributed by atoms with Crippen molar-refractivity contribution in [2.75, 3.05) is 151 Å². The lowest BCUT2D eigenvalue weighted by molar-refractivity contribution is -0.00539. The third-order valence-electron chi connectivity index (χ3n) is 16.3. The van der Waals surface area contributed by atoms with Gasteiger partial charge in [0.25, 0.3) is 0 Å². The van der Waals surface area contributed by atoms with Gasteiger partial charge in [0.05, 0.1) is 70.3 Å². The second-order valence-electron chi connectivity index (χ2n) is 24.7. The first kappa shape index (κ1) is 67.5. The zero-order valence-electron chi connectivity index (χ0n) is 53.9. The average Bonchev–Trinajstić information content (AvgIpc) is 3.51. The minimum atomic E-state index is -0.123. The van der Waals surface area contributed by atoms with E-state index in [1.54, 1.807) is 19.2 Å². The van der Waals surface area contributed by atoms with E-state index in [1.807, 2.05) is 55.4 Å². The summed E-state index contributed by atoms with van der Waals surface area (Å²) < 4.78 is 55.2. The first-order valence-electron chi connectivity index (χ1n) is 31.2. The Morgan fingerprint density at radius 1 is 0.476 bits per heavy atom. The number of morpholine rings is 4. The van der Waals surface area contributed by atoms with Crippen molar-refractivity contribution in [2.24, 2.45) is 0 Å². The largest absolute Gasteiger partial charge is 0.496 e. The molecule has 0 amide bonds. The number of aromatic nitrogens is 2. The van der Waals surface area contributed by atoms with E-state index in [0.29, 0.717) is 54.2 Å². The summed E-state index contributed by atoms with van der Waals surface area (Å²) in [6, 6.07) is 27.0. The highest BCUT2D eigenvalue weighted by atomic mass is 19.1. The van der Waals surface area contributed by atoms with Crippen LogP contribution < -0.4 is 29.2 Å². The van der Waals surface area contributed by atoms with Crippen molar-refractivity contribution >= 4 is 28.7 Å². The van der Waals surface area contributed by atoms with Gasteiger partial charge in [0, 0.05) is 95.6 Å². The monoisotopic (exact) mass is 1160 g/mol. The molecule has 5 fully saturated rings. The van der Waals surface area contributed by atoms with Crippen LogP contribution in [0.15, 0.2) is 91.3 Å². The highest BCUT2D eigenvalue weighted by Gasteiger charge is 2.25. The van der Waals surface area contributed by atoms with Crippen LogP contribution in [0.2, 0.25) is 0 Å². The van der Waals surface area contributed by atoms with Gasteiger partial charge in [0.1, 0.15) is 29.0 Å². The van der Waals surface area contributed by atoms with Crippen molar-refractivity contribution in [3.8, 4) is 5.75 Å². The van der Waals surface area contributed by atoms with Crippen LogP contribution in [-0.2, 0) is 18.9 Å². The minimum Gasteiger partial charge on any atom is -0.496 e. The number of hydrogen-bond donors (Lipinski definition) is 0. The minimum absolute atomic E-state index is 0.117. The van der Waals surface area contributed by atoms with Gasteiger partial charge in [-0.05, 0) is 141 Å². The molecule has 0 N–H and O–H groups in total. The smallest absolute Gasteiger partial charge is 0.146 e. The molecule has 0 radical (unpaired) electrons. The molecule has 2 unspecified atom stereocenters. The van der Waals surface area contributed by atoms with E-state index in [0.717, 1.165) is 126 Å². The lowest BCUT2D eigenvalue weighted by Gasteiger charge is -2.37. The molecular formula is C69H104F2N8O5. The van der Waals surface area contributed by atoms with Crippen LogP contribution in [0.25, 0.3) is 0 Å². The summed E-state index contributed by atoms with van der Waals surface area (Å²) in [5.41, 5.74) is 8.61. The standard InChI is InChI=1S/C15H22FNO.C15H25N3.C14H21NO2.C13H18FNO.C12H18N2O/c1-10(2)13-5-6-15(14(16)7-13)17-8-11(3)18-12(4)9-17;1-12(2)13-5-6-15(16-11-13)18-9-7-14(8-10-18)17(3)4;1-11(2)13-5-4-12(10-14(13)16-3)15-6-8-17-9-7-15;1-10(2)11-3-4-13(12(14)9-11)15-5-7-16-8-6-15;1-10(2)11-3-4-12(13-9-11)14-5-7-15-8-6-14/h5-7,10-12H,8-9H2,1-4H3;5-6,11-12,14H,7-10H2,1-4H3;4-5,10-11H,6-9H2,1-3H3;3-4,9-10H,5-8H2,1-2H3;3-4,9-10H,5-8H2,1-2H3. The first-order valence-corrected chi connectivity index (χ1v) is 31.2. The number of halogens is 2. The van der Waals surface area contributed by atoms with Gasteiger partial charge in [-0.3, -0.25) is 0 Å². The molecule has 84 heavy (non-hydrogen) atoms. The summed E-state index contributed by atoms with van der Waals surface area (Å²) in [4.78, 5) is 22.6. The molecule has 0 spiro atoms. The predicted molar refractivity (Wildman–Crippen MR) is 345 cm³/mol. The Kier molecular flexibility index (Phi) is 27.3. The highest BCUT2D eigenvalue weighted by Crippen LogP contribution is 2.32. The topological polar surface area (TPSA) is 91.4 Å². The third-order valence-corrected chi connectivity index (χ3v) is 16.3. The molecule has 2 aromatic heterocycles. The van der Waals surface area contributed by atoms with Gasteiger partial charge in [-0.1, -0.05) is 99.6 Å². The van der Waals surface area contributed by atoms with E-state index < -0.39 is 0 Å². The number of benzene rings is 3. The Hall–Kier alpha value is -5.58. The number of rotatable bonds is 12. The van der Waals surface area contributed by atoms with Crippen molar-refractivity contribution < 1.29 is 32.5 Å². The van der Waals surface area contributed by atoms with Gasteiger partial charge in [0.2, 0.25) is 0 Å². The molecule has 5 aromatic rings. The van der Waals surface area contributed by atoms with Crippen LogP contribution in [-0.4, -0.2) is 159 Å². The van der Waals surface area contributed by atoms with Crippen LogP contribution in [0.3, 0.4) is 0 Å². The average molecular weight is 1160 g/mol. The number of piperidine rings is 1. The summed E-state index contributed by atoms with van der Waals surface area (Å²) in [6.07, 6.45) is 6.78. The molecule has 0 saturated carbocycles. The number of hydrogen-bond acceptors (Lipinski definition) is 13. The number of methoxy groups -OCH3 is 1. The Morgan fingerprint density at radius 3 is 1.26 bits per heavy atom. The van der Waals surface area contributed by atoms with Gasteiger partial charge < -0.3 is 53.1 Å². The molecule has 3 aromatic carbocycles. The summed E-state index contributed by atoms with van der Waals surface area (Å²) in [6.45, 7) is 39.3. The quantitative estimate of drug-likeness (QED) is 0.119. The zero-order valence-corrected chi connectivity index (χ0v) is 53.9. The third kappa shape index (κ3) is 20.6. The Balaban J connectivity index is 0.000000169. The van der Waals surface area contributed by atoms with Crippen LogP contribution in [0.1, 0.15) is 153 Å².